The molecule has 0 aliphatic carbocycles. The summed E-state index contributed by atoms with van der Waals surface area (Å²) in [5, 5.41) is 3.16. The highest BCUT2D eigenvalue weighted by Crippen LogP contribution is 2.22. The van der Waals surface area contributed by atoms with E-state index < -0.39 is 0 Å². The molecule has 0 saturated carbocycles. The van der Waals surface area contributed by atoms with Crippen LogP contribution in [-0.2, 0) is 0 Å². The molecule has 1 aromatic rings. The third-order valence-electron chi connectivity index (χ3n) is 3.99. The molecule has 5 nitrogen and oxygen atoms in total. The van der Waals surface area contributed by atoms with E-state index in [2.05, 4.69) is 36.1 Å². The number of hydrogen-bond donors (Lipinski definition) is 1. The first-order valence-corrected chi connectivity index (χ1v) is 7.15. The van der Waals surface area contributed by atoms with Gasteiger partial charge in [0.15, 0.2) is 0 Å². The van der Waals surface area contributed by atoms with Gasteiger partial charge in [0.2, 0.25) is 0 Å². The predicted molar refractivity (Wildman–Crippen MR) is 81.0 cm³/mol. The fourth-order valence-corrected chi connectivity index (χ4v) is 2.47. The SMILES string of the molecule is CCNc1ncccc1C(=O)N1CCN(C)C(C)(C)C1. The Balaban J connectivity index is 2.20. The lowest BCUT2D eigenvalue weighted by molar-refractivity contribution is 0.0312. The van der Waals surface area contributed by atoms with Crippen molar-refractivity contribution in [2.75, 3.05) is 38.5 Å². The van der Waals surface area contributed by atoms with E-state index in [-0.39, 0.29) is 11.4 Å². The summed E-state index contributed by atoms with van der Waals surface area (Å²) in [6, 6.07) is 3.66. The topological polar surface area (TPSA) is 48.5 Å². The maximum atomic E-state index is 12.7. The maximum Gasteiger partial charge on any atom is 0.257 e. The van der Waals surface area contributed by atoms with Crippen LogP contribution in [0.5, 0.6) is 0 Å². The number of likely N-dealkylation sites (N-methyl/N-ethyl adjacent to an activating group) is 1. The van der Waals surface area contributed by atoms with E-state index in [1.807, 2.05) is 24.0 Å². The van der Waals surface area contributed by atoms with Crippen LogP contribution in [0, 0.1) is 0 Å². The Morgan fingerprint density at radius 2 is 2.20 bits per heavy atom. The standard InChI is InChI=1S/C15H24N4O/c1-5-16-13-12(7-6-8-17-13)14(20)19-10-9-18(4)15(2,3)11-19/h6-8H,5,9-11H2,1-4H3,(H,16,17). The number of carbonyl (C=O) groups excluding carboxylic acids is 1. The van der Waals surface area contributed by atoms with E-state index in [0.29, 0.717) is 11.4 Å². The first kappa shape index (κ1) is 14.8. The lowest BCUT2D eigenvalue weighted by Gasteiger charge is -2.45. The third kappa shape index (κ3) is 2.93. The van der Waals surface area contributed by atoms with E-state index in [4.69, 9.17) is 0 Å². The summed E-state index contributed by atoms with van der Waals surface area (Å²) in [4.78, 5) is 21.2. The van der Waals surface area contributed by atoms with E-state index >= 15 is 0 Å². The van der Waals surface area contributed by atoms with Crippen molar-refractivity contribution in [2.24, 2.45) is 0 Å². The Kier molecular flexibility index (Phi) is 4.28. The number of carbonyl (C=O) groups is 1. The van der Waals surface area contributed by atoms with Crippen molar-refractivity contribution >= 4 is 11.7 Å². The van der Waals surface area contributed by atoms with Crippen LogP contribution >= 0.6 is 0 Å². The molecule has 1 aliphatic rings. The molecule has 20 heavy (non-hydrogen) atoms. The number of anilines is 1. The third-order valence-corrected chi connectivity index (χ3v) is 3.99. The number of aromatic nitrogens is 1. The maximum absolute atomic E-state index is 12.7. The molecule has 0 atom stereocenters. The summed E-state index contributed by atoms with van der Waals surface area (Å²) < 4.78 is 0. The molecule has 0 spiro atoms. The number of nitrogens with one attached hydrogen (secondary N) is 1. The molecule has 1 fully saturated rings. The van der Waals surface area contributed by atoms with Crippen LogP contribution in [0.4, 0.5) is 5.82 Å². The summed E-state index contributed by atoms with van der Waals surface area (Å²) in [5.41, 5.74) is 0.670. The minimum absolute atomic E-state index is 0.00840. The normalized spacial score (nSPS) is 18.9. The van der Waals surface area contributed by atoms with Gasteiger partial charge in [-0.2, -0.15) is 0 Å². The van der Waals surface area contributed by atoms with Crippen molar-refractivity contribution < 1.29 is 4.79 Å². The van der Waals surface area contributed by atoms with Crippen molar-refractivity contribution in [3.63, 3.8) is 0 Å². The average molecular weight is 276 g/mol. The van der Waals surface area contributed by atoms with Gasteiger partial charge >= 0.3 is 0 Å². The van der Waals surface area contributed by atoms with Crippen molar-refractivity contribution in [1.82, 2.24) is 14.8 Å². The Morgan fingerprint density at radius 3 is 2.85 bits per heavy atom. The second-order valence-corrected chi connectivity index (χ2v) is 5.89. The van der Waals surface area contributed by atoms with E-state index in [1.54, 1.807) is 6.20 Å². The van der Waals surface area contributed by atoms with Gasteiger partial charge in [0.25, 0.3) is 5.91 Å². The van der Waals surface area contributed by atoms with Gasteiger partial charge in [-0.05, 0) is 40.0 Å². The first-order valence-electron chi connectivity index (χ1n) is 7.15. The van der Waals surface area contributed by atoms with Gasteiger partial charge in [0.05, 0.1) is 5.56 Å². The van der Waals surface area contributed by atoms with Gasteiger partial charge in [0, 0.05) is 37.9 Å². The Labute approximate surface area is 121 Å². The Bertz CT molecular complexity index is 487. The smallest absolute Gasteiger partial charge is 0.257 e. The van der Waals surface area contributed by atoms with Crippen molar-refractivity contribution in [3.8, 4) is 0 Å². The molecule has 0 unspecified atom stereocenters. The number of rotatable bonds is 3. The van der Waals surface area contributed by atoms with Crippen LogP contribution in [0.2, 0.25) is 0 Å². The number of pyridine rings is 1. The van der Waals surface area contributed by atoms with Crippen molar-refractivity contribution in [3.05, 3.63) is 23.9 Å². The summed E-state index contributed by atoms with van der Waals surface area (Å²) in [6.07, 6.45) is 1.71. The number of hydrogen-bond acceptors (Lipinski definition) is 4. The molecule has 0 aromatic carbocycles. The highest BCUT2D eigenvalue weighted by atomic mass is 16.2. The molecule has 2 heterocycles. The quantitative estimate of drug-likeness (QED) is 0.912. The largest absolute Gasteiger partial charge is 0.370 e. The molecule has 1 N–H and O–H groups in total. The van der Waals surface area contributed by atoms with E-state index in [1.165, 1.54) is 0 Å². The van der Waals surface area contributed by atoms with Crippen LogP contribution in [0.25, 0.3) is 0 Å². The number of amides is 1. The number of piperazine rings is 1. The zero-order valence-electron chi connectivity index (χ0n) is 12.8. The van der Waals surface area contributed by atoms with E-state index in [0.717, 1.165) is 26.2 Å². The van der Waals surface area contributed by atoms with Gasteiger partial charge in [-0.3, -0.25) is 9.69 Å². The van der Waals surface area contributed by atoms with Gasteiger partial charge in [-0.15, -0.1) is 0 Å². The van der Waals surface area contributed by atoms with Gasteiger partial charge < -0.3 is 10.2 Å². The van der Waals surface area contributed by atoms with Gasteiger partial charge in [-0.25, -0.2) is 4.98 Å². The fraction of sp³-hybridized carbons (Fsp3) is 0.600. The van der Waals surface area contributed by atoms with Crippen LogP contribution in [-0.4, -0.2) is 59.5 Å². The summed E-state index contributed by atoms with van der Waals surface area (Å²) in [7, 11) is 2.11. The molecule has 110 valence electrons. The van der Waals surface area contributed by atoms with Gasteiger partial charge in [-0.1, -0.05) is 0 Å². The minimum atomic E-state index is 0.00840. The molecular formula is C15H24N4O. The summed E-state index contributed by atoms with van der Waals surface area (Å²) >= 11 is 0. The average Bonchev–Trinajstić information content (AvgIpc) is 2.42. The van der Waals surface area contributed by atoms with Crippen molar-refractivity contribution in [1.29, 1.82) is 0 Å². The van der Waals surface area contributed by atoms with Gasteiger partial charge in [0.1, 0.15) is 5.82 Å². The lowest BCUT2D eigenvalue weighted by atomic mass is 9.99. The summed E-state index contributed by atoms with van der Waals surface area (Å²) in [6.45, 7) is 9.49. The zero-order chi connectivity index (χ0) is 14.8. The molecule has 5 heteroatoms. The van der Waals surface area contributed by atoms with Crippen LogP contribution in [0.3, 0.4) is 0 Å². The van der Waals surface area contributed by atoms with Crippen LogP contribution in [0.15, 0.2) is 18.3 Å². The Morgan fingerprint density at radius 1 is 1.45 bits per heavy atom. The van der Waals surface area contributed by atoms with Crippen LogP contribution < -0.4 is 5.32 Å². The molecule has 1 aliphatic heterocycles. The van der Waals surface area contributed by atoms with E-state index in [9.17, 15) is 4.79 Å². The molecule has 0 bridgehead atoms. The second-order valence-electron chi connectivity index (χ2n) is 5.89. The molecular weight excluding hydrogens is 252 g/mol. The highest BCUT2D eigenvalue weighted by molar-refractivity contribution is 5.98. The molecule has 1 aromatic heterocycles. The molecule has 2 rings (SSSR count). The van der Waals surface area contributed by atoms with Crippen molar-refractivity contribution in [2.45, 2.75) is 26.3 Å². The lowest BCUT2D eigenvalue weighted by Crippen LogP contribution is -2.58. The minimum Gasteiger partial charge on any atom is -0.370 e. The Hall–Kier alpha value is -1.62. The summed E-state index contributed by atoms with van der Waals surface area (Å²) in [5.74, 6) is 0.743. The second kappa shape index (κ2) is 5.79. The molecule has 1 amide bonds. The predicted octanol–water partition coefficient (Wildman–Crippen LogP) is 1.68. The highest BCUT2D eigenvalue weighted by Gasteiger charge is 2.34. The molecule has 0 radical (unpaired) electrons. The zero-order valence-corrected chi connectivity index (χ0v) is 12.8. The fourth-order valence-electron chi connectivity index (χ4n) is 2.47. The monoisotopic (exact) mass is 276 g/mol. The molecule has 1 saturated heterocycles. The number of nitrogens with zero attached hydrogens (tertiary/aromatic N) is 3. The van der Waals surface area contributed by atoms with Crippen LogP contribution in [0.1, 0.15) is 31.1 Å². The first-order chi connectivity index (χ1) is 9.45.